The molecule has 0 fully saturated rings. The summed E-state index contributed by atoms with van der Waals surface area (Å²) in [5.41, 5.74) is 3.12. The fourth-order valence-corrected chi connectivity index (χ4v) is 6.23. The Kier molecular flexibility index (Phi) is 12.5. The van der Waals surface area contributed by atoms with Crippen LogP contribution in [0.25, 0.3) is 0 Å². The summed E-state index contributed by atoms with van der Waals surface area (Å²) in [6, 6.07) is 52.1. The number of aryl methyl sites for hydroxylation is 3. The zero-order chi connectivity index (χ0) is 32.7. The minimum atomic E-state index is -1.64. The first-order valence-electron chi connectivity index (χ1n) is 15.0. The van der Waals surface area contributed by atoms with Crippen LogP contribution in [0.2, 0.25) is 0 Å². The van der Waals surface area contributed by atoms with Gasteiger partial charge in [-0.05, 0) is 92.1 Å². The molecule has 0 aliphatic rings. The molecule has 0 N–H and O–H groups in total. The van der Waals surface area contributed by atoms with Crippen molar-refractivity contribution in [2.45, 2.75) is 20.8 Å². The normalized spacial score (nSPS) is 10.4. The van der Waals surface area contributed by atoms with Gasteiger partial charge in [-0.1, -0.05) is 109 Å². The maximum absolute atomic E-state index is 6.08. The molecule has 0 amide bonds. The number of hydrogen-bond acceptors (Lipinski definition) is 6. The van der Waals surface area contributed by atoms with E-state index in [0.717, 1.165) is 33.9 Å². The predicted octanol–water partition coefficient (Wildman–Crippen LogP) is 11.8. The lowest BCUT2D eigenvalue weighted by Crippen LogP contribution is -2.04. The van der Waals surface area contributed by atoms with Gasteiger partial charge < -0.3 is 27.1 Å². The first kappa shape index (κ1) is 33.3. The number of hydrogen-bond donors (Lipinski definition) is 0. The fourth-order valence-electron chi connectivity index (χ4n) is 4.03. The van der Waals surface area contributed by atoms with Crippen LogP contribution in [0.5, 0.6) is 34.5 Å². The van der Waals surface area contributed by atoms with Crippen molar-refractivity contribution in [2.24, 2.45) is 0 Å². The van der Waals surface area contributed by atoms with E-state index in [-0.39, 0.29) is 0 Å². The van der Waals surface area contributed by atoms with E-state index in [1.54, 1.807) is 0 Å². The Morgan fingerprint density at radius 1 is 0.277 bits per heavy atom. The van der Waals surface area contributed by atoms with Gasteiger partial charge in [-0.25, -0.2) is 0 Å². The van der Waals surface area contributed by atoms with Crippen LogP contribution in [-0.2, 0) is 0 Å². The zero-order valence-corrected chi connectivity index (χ0v) is 28.2. The molecule has 0 spiro atoms. The van der Waals surface area contributed by atoms with Crippen LogP contribution in [-0.4, -0.2) is 0 Å². The summed E-state index contributed by atoms with van der Waals surface area (Å²) < 4.78 is 35.8. The largest absolute Gasteiger partial charge is 0.530 e. The number of para-hydroxylation sites is 6. The Labute approximate surface area is 279 Å². The molecule has 6 nitrogen and oxygen atoms in total. The van der Waals surface area contributed by atoms with E-state index in [2.05, 4.69) is 0 Å². The quantitative estimate of drug-likeness (QED) is 0.122. The van der Waals surface area contributed by atoms with Crippen molar-refractivity contribution >= 4 is 17.2 Å². The first-order valence-corrected chi connectivity index (χ1v) is 17.2. The molecule has 0 heterocycles. The molecular formula is C39H36O6P2. The van der Waals surface area contributed by atoms with Crippen LogP contribution in [0.3, 0.4) is 0 Å². The summed E-state index contributed by atoms with van der Waals surface area (Å²) in [5.74, 6) is 4.41. The van der Waals surface area contributed by atoms with Crippen molar-refractivity contribution in [3.63, 3.8) is 0 Å². The second-order valence-corrected chi connectivity index (χ2v) is 12.2. The highest BCUT2D eigenvalue weighted by molar-refractivity contribution is 7.43. The zero-order valence-electron chi connectivity index (χ0n) is 26.4. The van der Waals surface area contributed by atoms with E-state index in [9.17, 15) is 0 Å². The van der Waals surface area contributed by atoms with Gasteiger partial charge >= 0.3 is 17.2 Å². The minimum absolute atomic E-state index is 0.709. The molecule has 8 heteroatoms. The van der Waals surface area contributed by atoms with Crippen molar-refractivity contribution in [3.8, 4) is 34.5 Å². The summed E-state index contributed by atoms with van der Waals surface area (Å²) in [5, 5.41) is 0. The number of rotatable bonds is 12. The molecule has 47 heavy (non-hydrogen) atoms. The molecule has 6 aromatic rings. The second kappa shape index (κ2) is 17.6. The third-order valence-electron chi connectivity index (χ3n) is 6.57. The van der Waals surface area contributed by atoms with Crippen molar-refractivity contribution in [1.29, 1.82) is 0 Å². The Hall–Kier alpha value is -5.02. The van der Waals surface area contributed by atoms with Gasteiger partial charge in [0.25, 0.3) is 0 Å². The lowest BCUT2D eigenvalue weighted by molar-refractivity contribution is 0.384. The van der Waals surface area contributed by atoms with Crippen LogP contribution < -0.4 is 27.1 Å². The number of benzene rings is 6. The summed E-state index contributed by atoms with van der Waals surface area (Å²) in [7, 11) is -3.23. The van der Waals surface area contributed by atoms with Crippen molar-refractivity contribution in [1.82, 2.24) is 0 Å². The van der Waals surface area contributed by atoms with Crippen molar-refractivity contribution in [3.05, 3.63) is 180 Å². The Morgan fingerprint density at radius 2 is 0.511 bits per heavy atom. The molecule has 0 aliphatic carbocycles. The average Bonchev–Trinajstić information content (AvgIpc) is 3.09. The molecule has 0 bridgehead atoms. The lowest BCUT2D eigenvalue weighted by atomic mass is 10.2. The maximum atomic E-state index is 6.08. The molecule has 0 radical (unpaired) electrons. The summed E-state index contributed by atoms with van der Waals surface area (Å²) in [4.78, 5) is 0. The van der Waals surface area contributed by atoms with Crippen molar-refractivity contribution in [2.75, 3.05) is 0 Å². The van der Waals surface area contributed by atoms with E-state index in [1.807, 2.05) is 185 Å². The van der Waals surface area contributed by atoms with Crippen LogP contribution in [0.15, 0.2) is 164 Å². The SMILES string of the molecule is Cc1ccccc1OP(Oc1ccccc1C)Oc1ccccc1C.c1ccc(OP(Oc2ccccc2)Oc2ccccc2)cc1. The molecule has 0 saturated heterocycles. The average molecular weight is 663 g/mol. The smallest absolute Gasteiger partial charge is 0.409 e. The highest BCUT2D eigenvalue weighted by Gasteiger charge is 2.22. The summed E-state index contributed by atoms with van der Waals surface area (Å²) in [6.07, 6.45) is 0. The minimum Gasteiger partial charge on any atom is -0.409 e. The van der Waals surface area contributed by atoms with E-state index in [0.29, 0.717) is 17.2 Å². The standard InChI is InChI=1S/C21H21O3P.C18H15O3P/c1-16-10-4-7-13-19(16)22-25(23-20-14-8-5-11-17(20)2)24-21-15-9-6-12-18(21)3;1-4-10-16(11-5-1)19-22(20-17-12-6-2-7-13-17)21-18-14-8-3-9-15-18/h4-15H,1-3H3;1-15H. The van der Waals surface area contributed by atoms with E-state index in [4.69, 9.17) is 27.1 Å². The van der Waals surface area contributed by atoms with Crippen molar-refractivity contribution < 1.29 is 27.1 Å². The topological polar surface area (TPSA) is 55.4 Å². The molecule has 6 aromatic carbocycles. The van der Waals surface area contributed by atoms with Crippen LogP contribution in [0.1, 0.15) is 16.7 Å². The van der Waals surface area contributed by atoms with E-state index < -0.39 is 17.2 Å². The van der Waals surface area contributed by atoms with Gasteiger partial charge in [-0.2, -0.15) is 0 Å². The first-order chi connectivity index (χ1) is 23.0. The highest BCUT2D eigenvalue weighted by atomic mass is 31.2. The molecule has 238 valence electrons. The van der Waals surface area contributed by atoms with Crippen LogP contribution >= 0.6 is 17.2 Å². The van der Waals surface area contributed by atoms with Gasteiger partial charge in [0.15, 0.2) is 0 Å². The Balaban J connectivity index is 0.000000186. The molecule has 0 atom stereocenters. The van der Waals surface area contributed by atoms with Gasteiger partial charge in [0.2, 0.25) is 0 Å². The summed E-state index contributed by atoms with van der Waals surface area (Å²) in [6.45, 7) is 6.01. The van der Waals surface area contributed by atoms with Gasteiger partial charge in [0, 0.05) is 0 Å². The van der Waals surface area contributed by atoms with Gasteiger partial charge in [-0.3, -0.25) is 0 Å². The molecule has 0 aromatic heterocycles. The van der Waals surface area contributed by atoms with Crippen LogP contribution in [0, 0.1) is 20.8 Å². The Morgan fingerprint density at radius 3 is 0.787 bits per heavy atom. The third kappa shape index (κ3) is 10.8. The lowest BCUT2D eigenvalue weighted by Gasteiger charge is -2.20. The molecule has 0 saturated carbocycles. The predicted molar refractivity (Wildman–Crippen MR) is 190 cm³/mol. The van der Waals surface area contributed by atoms with Gasteiger partial charge in [0.1, 0.15) is 34.5 Å². The second-order valence-electron chi connectivity index (χ2n) is 10.2. The molecular weight excluding hydrogens is 626 g/mol. The van der Waals surface area contributed by atoms with Crippen LogP contribution in [0.4, 0.5) is 0 Å². The van der Waals surface area contributed by atoms with E-state index in [1.165, 1.54) is 0 Å². The molecule has 0 unspecified atom stereocenters. The Bertz CT molecular complexity index is 1580. The van der Waals surface area contributed by atoms with Gasteiger partial charge in [-0.15, -0.1) is 0 Å². The fraction of sp³-hybridized carbons (Fsp3) is 0.0769. The maximum Gasteiger partial charge on any atom is 0.530 e. The highest BCUT2D eigenvalue weighted by Crippen LogP contribution is 2.45. The molecule has 6 rings (SSSR count). The molecule has 0 aliphatic heterocycles. The summed E-state index contributed by atoms with van der Waals surface area (Å²) >= 11 is 0. The monoisotopic (exact) mass is 662 g/mol. The van der Waals surface area contributed by atoms with E-state index >= 15 is 0 Å². The van der Waals surface area contributed by atoms with Gasteiger partial charge in [0.05, 0.1) is 0 Å². The third-order valence-corrected chi connectivity index (χ3v) is 8.69.